The van der Waals surface area contributed by atoms with Crippen LogP contribution in [-0.4, -0.2) is 43.6 Å². The maximum absolute atomic E-state index is 13.1. The fraction of sp³-hybridized carbons (Fsp3) is 0.579. The second-order valence-electron chi connectivity index (χ2n) is 7.65. The molecule has 6 nitrogen and oxygen atoms in total. The van der Waals surface area contributed by atoms with Gasteiger partial charge in [0.25, 0.3) is 5.91 Å². The van der Waals surface area contributed by atoms with Crippen molar-refractivity contribution in [1.82, 2.24) is 24.6 Å². The first kappa shape index (κ1) is 16.2. The van der Waals surface area contributed by atoms with Gasteiger partial charge in [0.05, 0.1) is 0 Å². The van der Waals surface area contributed by atoms with Gasteiger partial charge in [0, 0.05) is 43.5 Å². The van der Waals surface area contributed by atoms with Crippen LogP contribution in [0, 0.1) is 12.3 Å². The number of amides is 1. The molecule has 2 fully saturated rings. The lowest BCUT2D eigenvalue weighted by Crippen LogP contribution is -2.34. The van der Waals surface area contributed by atoms with Crippen molar-refractivity contribution in [2.24, 2.45) is 12.5 Å². The molecule has 1 unspecified atom stereocenters. The van der Waals surface area contributed by atoms with Crippen LogP contribution in [0.5, 0.6) is 0 Å². The standard InChI is InChI=1S/C19H25N5O/c1-14-10-15(6-9-20-14)18(25)24-11-16(17-22-21-13-23(17)2)19(12-24)7-4-3-5-8-19/h6,9-10,13,16H,3-5,7-8,11-12H2,1-2H3. The highest BCUT2D eigenvalue weighted by Gasteiger charge is 2.50. The van der Waals surface area contributed by atoms with Gasteiger partial charge < -0.3 is 9.47 Å². The van der Waals surface area contributed by atoms with Gasteiger partial charge in [0.15, 0.2) is 0 Å². The van der Waals surface area contributed by atoms with Crippen molar-refractivity contribution in [1.29, 1.82) is 0 Å². The van der Waals surface area contributed by atoms with E-state index in [1.807, 2.05) is 35.6 Å². The third-order valence-electron chi connectivity index (χ3n) is 5.99. The van der Waals surface area contributed by atoms with Crippen LogP contribution in [0.1, 0.15) is 59.9 Å². The number of pyridine rings is 1. The summed E-state index contributed by atoms with van der Waals surface area (Å²) >= 11 is 0. The third kappa shape index (κ3) is 2.83. The van der Waals surface area contributed by atoms with E-state index in [4.69, 9.17) is 0 Å². The molecule has 25 heavy (non-hydrogen) atoms. The Morgan fingerprint density at radius 1 is 1.28 bits per heavy atom. The molecule has 6 heteroatoms. The Morgan fingerprint density at radius 3 is 2.76 bits per heavy atom. The Kier molecular flexibility index (Phi) is 4.06. The summed E-state index contributed by atoms with van der Waals surface area (Å²) in [6.07, 6.45) is 9.60. The molecule has 2 aromatic heterocycles. The minimum atomic E-state index is 0.111. The van der Waals surface area contributed by atoms with Gasteiger partial charge in [-0.3, -0.25) is 9.78 Å². The Morgan fingerprint density at radius 2 is 2.08 bits per heavy atom. The highest BCUT2D eigenvalue weighted by atomic mass is 16.2. The number of hydrogen-bond donors (Lipinski definition) is 0. The Balaban J connectivity index is 1.66. The monoisotopic (exact) mass is 339 g/mol. The van der Waals surface area contributed by atoms with Crippen LogP contribution in [0.2, 0.25) is 0 Å². The molecule has 1 atom stereocenters. The molecule has 1 spiro atoms. The molecule has 1 aliphatic carbocycles. The molecule has 1 amide bonds. The average molecular weight is 339 g/mol. The van der Waals surface area contributed by atoms with Gasteiger partial charge in [-0.2, -0.15) is 0 Å². The predicted molar refractivity (Wildman–Crippen MR) is 94.1 cm³/mol. The summed E-state index contributed by atoms with van der Waals surface area (Å²) in [5, 5.41) is 8.48. The molecular formula is C19H25N5O. The molecule has 2 aliphatic rings. The topological polar surface area (TPSA) is 63.9 Å². The summed E-state index contributed by atoms with van der Waals surface area (Å²) in [4.78, 5) is 19.3. The maximum atomic E-state index is 13.1. The zero-order chi connectivity index (χ0) is 17.4. The van der Waals surface area contributed by atoms with Gasteiger partial charge in [-0.25, -0.2) is 0 Å². The van der Waals surface area contributed by atoms with Crippen molar-refractivity contribution >= 4 is 5.91 Å². The summed E-state index contributed by atoms with van der Waals surface area (Å²) in [6, 6.07) is 3.70. The largest absolute Gasteiger partial charge is 0.337 e. The van der Waals surface area contributed by atoms with Crippen molar-refractivity contribution < 1.29 is 4.79 Å². The summed E-state index contributed by atoms with van der Waals surface area (Å²) in [6.45, 7) is 3.48. The molecule has 132 valence electrons. The number of rotatable bonds is 2. The molecule has 2 aromatic rings. The first-order valence-corrected chi connectivity index (χ1v) is 9.15. The van der Waals surface area contributed by atoms with Crippen LogP contribution in [0.15, 0.2) is 24.7 Å². The zero-order valence-corrected chi connectivity index (χ0v) is 15.0. The van der Waals surface area contributed by atoms with Crippen LogP contribution < -0.4 is 0 Å². The molecule has 1 aliphatic heterocycles. The van der Waals surface area contributed by atoms with Crippen molar-refractivity contribution in [3.05, 3.63) is 41.7 Å². The van der Waals surface area contributed by atoms with E-state index in [1.54, 1.807) is 12.5 Å². The fourth-order valence-electron chi connectivity index (χ4n) is 4.71. The smallest absolute Gasteiger partial charge is 0.254 e. The van der Waals surface area contributed by atoms with Gasteiger partial charge >= 0.3 is 0 Å². The number of likely N-dealkylation sites (tertiary alicyclic amines) is 1. The van der Waals surface area contributed by atoms with E-state index >= 15 is 0 Å². The molecule has 1 saturated heterocycles. The summed E-state index contributed by atoms with van der Waals surface area (Å²) in [5.74, 6) is 1.40. The quantitative estimate of drug-likeness (QED) is 0.844. The number of carbonyl (C=O) groups excluding carboxylic acids is 1. The maximum Gasteiger partial charge on any atom is 0.254 e. The molecule has 0 aromatic carbocycles. The SMILES string of the molecule is Cc1cc(C(=O)N2CC(c3nncn3C)C3(CCCCC3)C2)ccn1. The highest BCUT2D eigenvalue weighted by molar-refractivity contribution is 5.94. The molecule has 0 N–H and O–H groups in total. The Labute approximate surface area is 148 Å². The third-order valence-corrected chi connectivity index (χ3v) is 5.99. The first-order valence-electron chi connectivity index (χ1n) is 9.15. The van der Waals surface area contributed by atoms with E-state index in [-0.39, 0.29) is 17.2 Å². The van der Waals surface area contributed by atoms with Gasteiger partial charge in [-0.15, -0.1) is 10.2 Å². The van der Waals surface area contributed by atoms with E-state index in [1.165, 1.54) is 32.1 Å². The van der Waals surface area contributed by atoms with Gasteiger partial charge in [-0.1, -0.05) is 19.3 Å². The molecule has 0 radical (unpaired) electrons. The summed E-state index contributed by atoms with van der Waals surface area (Å²) < 4.78 is 2.02. The zero-order valence-electron chi connectivity index (χ0n) is 15.0. The highest BCUT2D eigenvalue weighted by Crippen LogP contribution is 2.51. The van der Waals surface area contributed by atoms with Crippen LogP contribution >= 0.6 is 0 Å². The molecule has 1 saturated carbocycles. The van der Waals surface area contributed by atoms with E-state index in [0.29, 0.717) is 0 Å². The fourth-order valence-corrected chi connectivity index (χ4v) is 4.71. The van der Waals surface area contributed by atoms with Crippen LogP contribution in [0.4, 0.5) is 0 Å². The molecule has 0 bridgehead atoms. The van der Waals surface area contributed by atoms with Crippen LogP contribution in [-0.2, 0) is 7.05 Å². The lowest BCUT2D eigenvalue weighted by molar-refractivity contribution is 0.0758. The lowest BCUT2D eigenvalue weighted by Gasteiger charge is -2.37. The average Bonchev–Trinajstić information content (AvgIpc) is 3.18. The van der Waals surface area contributed by atoms with Crippen LogP contribution in [0.3, 0.4) is 0 Å². The van der Waals surface area contributed by atoms with E-state index in [0.717, 1.165) is 30.2 Å². The second kappa shape index (κ2) is 6.24. The van der Waals surface area contributed by atoms with E-state index in [9.17, 15) is 4.79 Å². The minimum absolute atomic E-state index is 0.111. The van der Waals surface area contributed by atoms with Gasteiger partial charge in [-0.05, 0) is 37.3 Å². The lowest BCUT2D eigenvalue weighted by atomic mass is 9.67. The predicted octanol–water partition coefficient (Wildman–Crippen LogP) is 2.71. The van der Waals surface area contributed by atoms with Crippen LogP contribution in [0.25, 0.3) is 0 Å². The number of carbonyl (C=O) groups is 1. The number of nitrogens with zero attached hydrogens (tertiary/aromatic N) is 5. The number of aryl methyl sites for hydroxylation is 2. The second-order valence-corrected chi connectivity index (χ2v) is 7.65. The van der Waals surface area contributed by atoms with E-state index in [2.05, 4.69) is 15.2 Å². The number of aromatic nitrogens is 4. The number of hydrogen-bond acceptors (Lipinski definition) is 4. The molecule has 3 heterocycles. The summed E-state index contributed by atoms with van der Waals surface area (Å²) in [5.41, 5.74) is 1.76. The van der Waals surface area contributed by atoms with Crippen molar-refractivity contribution in [3.63, 3.8) is 0 Å². The van der Waals surface area contributed by atoms with Crippen molar-refractivity contribution in [2.75, 3.05) is 13.1 Å². The van der Waals surface area contributed by atoms with Crippen molar-refractivity contribution in [3.8, 4) is 0 Å². The Bertz CT molecular complexity index is 778. The summed E-state index contributed by atoms with van der Waals surface area (Å²) in [7, 11) is 2.00. The first-order chi connectivity index (χ1) is 12.1. The molecular weight excluding hydrogens is 314 g/mol. The van der Waals surface area contributed by atoms with Gasteiger partial charge in [0.1, 0.15) is 12.2 Å². The minimum Gasteiger partial charge on any atom is -0.337 e. The molecule has 4 rings (SSSR count). The van der Waals surface area contributed by atoms with Gasteiger partial charge in [0.2, 0.25) is 0 Å². The Hall–Kier alpha value is -2.24. The van der Waals surface area contributed by atoms with E-state index < -0.39 is 0 Å². The normalized spacial score (nSPS) is 22.5. The van der Waals surface area contributed by atoms with Crippen molar-refractivity contribution in [2.45, 2.75) is 44.9 Å².